The second kappa shape index (κ2) is 11.2. The molecule has 4 rings (SSSR count). The number of rotatable bonds is 7. The van der Waals surface area contributed by atoms with E-state index in [1.165, 1.54) is 31.4 Å². The number of carbonyl (C=O) groups is 1. The van der Waals surface area contributed by atoms with Crippen molar-refractivity contribution in [2.24, 2.45) is 0 Å². The van der Waals surface area contributed by atoms with Crippen molar-refractivity contribution < 1.29 is 38.7 Å². The van der Waals surface area contributed by atoms with Gasteiger partial charge >= 0.3 is 5.63 Å². The number of fused-ring (bicyclic) bond motifs is 1. The number of methoxy groups -OCH3 is 1. The van der Waals surface area contributed by atoms with Gasteiger partial charge in [0, 0.05) is 24.1 Å². The molecule has 0 spiro atoms. The Labute approximate surface area is 225 Å². The lowest BCUT2D eigenvalue weighted by molar-refractivity contribution is -0.305. The van der Waals surface area contributed by atoms with Crippen molar-refractivity contribution in [3.63, 3.8) is 0 Å². The summed E-state index contributed by atoms with van der Waals surface area (Å²) < 4.78 is 22.3. The van der Waals surface area contributed by atoms with Crippen LogP contribution in [0.2, 0.25) is 0 Å². The van der Waals surface area contributed by atoms with Crippen LogP contribution in [0.25, 0.3) is 11.0 Å². The lowest BCUT2D eigenvalue weighted by Gasteiger charge is -2.46. The summed E-state index contributed by atoms with van der Waals surface area (Å²) in [6.07, 6.45) is -2.19. The predicted molar refractivity (Wildman–Crippen MR) is 144 cm³/mol. The number of amides is 1. The number of aliphatic hydroxyl groups excluding tert-OH is 2. The molecule has 1 aromatic heterocycles. The Kier molecular flexibility index (Phi) is 8.12. The first-order valence-electron chi connectivity index (χ1n) is 12.5. The van der Waals surface area contributed by atoms with Gasteiger partial charge in [0.2, 0.25) is 6.29 Å². The summed E-state index contributed by atoms with van der Waals surface area (Å²) in [5, 5.41) is 34.1. The van der Waals surface area contributed by atoms with Gasteiger partial charge in [-0.25, -0.2) is 4.79 Å². The number of phenolic OH excluding ortho intramolecular Hbond substituents is 1. The molecule has 3 aromatic rings. The first-order valence-corrected chi connectivity index (χ1v) is 12.5. The molecule has 1 amide bonds. The quantitative estimate of drug-likeness (QED) is 0.261. The van der Waals surface area contributed by atoms with Crippen molar-refractivity contribution in [2.45, 2.75) is 64.3 Å². The third-order valence-corrected chi connectivity index (χ3v) is 6.58. The zero-order valence-corrected chi connectivity index (χ0v) is 22.4. The molecule has 39 heavy (non-hydrogen) atoms. The van der Waals surface area contributed by atoms with E-state index in [2.05, 4.69) is 5.32 Å². The number of aliphatic hydroxyl groups is 2. The van der Waals surface area contributed by atoms with E-state index < -0.39 is 41.7 Å². The van der Waals surface area contributed by atoms with Gasteiger partial charge in [0.15, 0.2) is 0 Å². The van der Waals surface area contributed by atoms with Crippen molar-refractivity contribution in [1.29, 1.82) is 0 Å². The second-order valence-corrected chi connectivity index (χ2v) is 10.3. The van der Waals surface area contributed by atoms with Gasteiger partial charge in [0.05, 0.1) is 5.60 Å². The van der Waals surface area contributed by atoms with E-state index in [9.17, 15) is 24.9 Å². The smallest absolute Gasteiger partial charge is 0.360 e. The van der Waals surface area contributed by atoms with E-state index in [-0.39, 0.29) is 28.3 Å². The topological polar surface area (TPSA) is 148 Å². The molecule has 10 nitrogen and oxygen atoms in total. The maximum absolute atomic E-state index is 12.9. The zero-order valence-electron chi connectivity index (χ0n) is 22.4. The number of allylic oxidation sites excluding steroid dienone is 2. The van der Waals surface area contributed by atoms with E-state index in [0.29, 0.717) is 17.4 Å². The molecule has 1 saturated heterocycles. The number of hydrogen-bond acceptors (Lipinski definition) is 9. The maximum Gasteiger partial charge on any atom is 0.360 e. The van der Waals surface area contributed by atoms with Crippen LogP contribution < -0.4 is 15.7 Å². The highest BCUT2D eigenvalue weighted by molar-refractivity contribution is 6.05. The summed E-state index contributed by atoms with van der Waals surface area (Å²) >= 11 is 0. The molecule has 208 valence electrons. The molecule has 1 aliphatic heterocycles. The molecule has 4 atom stereocenters. The molecule has 0 saturated carbocycles. The minimum absolute atomic E-state index is 0.0541. The molecule has 2 aromatic carbocycles. The molecule has 1 fully saturated rings. The number of aromatic hydroxyl groups is 1. The van der Waals surface area contributed by atoms with Crippen molar-refractivity contribution in [1.82, 2.24) is 0 Å². The lowest BCUT2D eigenvalue weighted by atomic mass is 9.89. The van der Waals surface area contributed by atoms with E-state index in [0.717, 1.165) is 5.57 Å². The standard InChI is InChI=1S/C29H33NO9/c1-15(2)6-7-16-12-18(9-11-21(16)31)26(34)30-20-13-17-8-10-19(14-22(17)38-27(20)35)37-28-24(33)23(32)25(36-5)29(3,4)39-28/h6,8-14,23-25,28,31-33H,7H2,1-5H3,(H,30,34). The third kappa shape index (κ3) is 6.15. The SMILES string of the molecule is COC1C(O)C(O)C(Oc2ccc3cc(NC(=O)c4ccc(O)c(CC=C(C)C)c4)c(=O)oc3c2)OC1(C)C. The number of phenols is 1. The Morgan fingerprint density at radius 2 is 1.85 bits per heavy atom. The molecule has 1 aliphatic rings. The van der Waals surface area contributed by atoms with Crippen LogP contribution >= 0.6 is 0 Å². The summed E-state index contributed by atoms with van der Waals surface area (Å²) in [6, 6.07) is 10.6. The van der Waals surface area contributed by atoms with Gasteiger partial charge in [-0.2, -0.15) is 0 Å². The number of benzene rings is 2. The second-order valence-electron chi connectivity index (χ2n) is 10.3. The van der Waals surface area contributed by atoms with Gasteiger partial charge in [-0.15, -0.1) is 0 Å². The summed E-state index contributed by atoms with van der Waals surface area (Å²) in [6.45, 7) is 7.31. The Balaban J connectivity index is 1.53. The fraction of sp³-hybridized carbons (Fsp3) is 0.379. The largest absolute Gasteiger partial charge is 0.508 e. The molecule has 2 heterocycles. The monoisotopic (exact) mass is 539 g/mol. The summed E-state index contributed by atoms with van der Waals surface area (Å²) in [4.78, 5) is 25.5. The summed E-state index contributed by atoms with van der Waals surface area (Å²) in [7, 11) is 1.42. The molecule has 0 bridgehead atoms. The highest BCUT2D eigenvalue weighted by atomic mass is 16.7. The Morgan fingerprint density at radius 3 is 2.54 bits per heavy atom. The van der Waals surface area contributed by atoms with Crippen LogP contribution in [0, 0.1) is 0 Å². The van der Waals surface area contributed by atoms with Crippen molar-refractivity contribution >= 4 is 22.6 Å². The number of ether oxygens (including phenoxy) is 3. The van der Waals surface area contributed by atoms with Gasteiger partial charge in [-0.3, -0.25) is 4.79 Å². The lowest BCUT2D eigenvalue weighted by Crippen LogP contribution is -2.63. The molecular formula is C29H33NO9. The van der Waals surface area contributed by atoms with Gasteiger partial charge in [0.1, 0.15) is 41.1 Å². The van der Waals surface area contributed by atoms with Gasteiger partial charge in [-0.1, -0.05) is 11.6 Å². The van der Waals surface area contributed by atoms with Crippen LogP contribution in [0.4, 0.5) is 5.69 Å². The number of nitrogens with one attached hydrogen (secondary N) is 1. The highest BCUT2D eigenvalue weighted by Crippen LogP contribution is 2.33. The van der Waals surface area contributed by atoms with Crippen LogP contribution in [-0.2, 0) is 15.9 Å². The maximum atomic E-state index is 12.9. The third-order valence-electron chi connectivity index (χ3n) is 6.58. The average molecular weight is 540 g/mol. The van der Waals surface area contributed by atoms with Crippen LogP contribution in [-0.4, -0.2) is 58.5 Å². The molecular weight excluding hydrogens is 506 g/mol. The summed E-state index contributed by atoms with van der Waals surface area (Å²) in [5.41, 5.74) is 0.354. The van der Waals surface area contributed by atoms with Crippen molar-refractivity contribution in [3.05, 3.63) is 75.7 Å². The molecule has 0 radical (unpaired) electrons. The summed E-state index contributed by atoms with van der Waals surface area (Å²) in [5.74, 6) is -0.215. The minimum Gasteiger partial charge on any atom is -0.508 e. The van der Waals surface area contributed by atoms with E-state index in [1.54, 1.807) is 32.0 Å². The van der Waals surface area contributed by atoms with Gasteiger partial charge in [-0.05, 0) is 76.1 Å². The molecule has 4 N–H and O–H groups in total. The normalized spacial score (nSPS) is 22.3. The number of anilines is 1. The van der Waals surface area contributed by atoms with Crippen molar-refractivity contribution in [3.8, 4) is 11.5 Å². The number of carbonyl (C=O) groups excluding carboxylic acids is 1. The van der Waals surface area contributed by atoms with Gasteiger partial charge < -0.3 is 39.3 Å². The highest BCUT2D eigenvalue weighted by Gasteiger charge is 2.50. The average Bonchev–Trinajstić information content (AvgIpc) is 2.87. The first kappa shape index (κ1) is 28.3. The zero-order chi connectivity index (χ0) is 28.5. The molecule has 10 heteroatoms. The van der Waals surface area contributed by atoms with Crippen molar-refractivity contribution in [2.75, 3.05) is 12.4 Å². The Morgan fingerprint density at radius 1 is 1.10 bits per heavy atom. The van der Waals surface area contributed by atoms with E-state index in [4.69, 9.17) is 18.6 Å². The van der Waals surface area contributed by atoms with E-state index in [1.807, 2.05) is 19.9 Å². The fourth-order valence-electron chi connectivity index (χ4n) is 4.49. The van der Waals surface area contributed by atoms with Crippen LogP contribution in [0.5, 0.6) is 11.5 Å². The predicted octanol–water partition coefficient (Wildman–Crippen LogP) is 3.51. The van der Waals surface area contributed by atoms with Crippen LogP contribution in [0.1, 0.15) is 43.6 Å². The number of hydrogen-bond donors (Lipinski definition) is 4. The van der Waals surface area contributed by atoms with Gasteiger partial charge in [0.25, 0.3) is 5.91 Å². The molecule has 0 aliphatic carbocycles. The van der Waals surface area contributed by atoms with E-state index >= 15 is 0 Å². The van der Waals surface area contributed by atoms with Crippen LogP contribution in [0.15, 0.2) is 63.3 Å². The fourth-order valence-corrected chi connectivity index (χ4v) is 4.49. The van der Waals surface area contributed by atoms with Crippen LogP contribution in [0.3, 0.4) is 0 Å². The first-order chi connectivity index (χ1) is 18.4. The Hall–Kier alpha value is -3.70. The Bertz CT molecular complexity index is 1450. The minimum atomic E-state index is -1.38. The molecule has 4 unspecified atom stereocenters.